The fraction of sp³-hybridized carbons (Fsp3) is 0.500. The van der Waals surface area contributed by atoms with Gasteiger partial charge in [-0.25, -0.2) is 8.78 Å². The van der Waals surface area contributed by atoms with Crippen LogP contribution < -0.4 is 5.32 Å². The number of rotatable bonds is 6. The molecule has 0 unspecified atom stereocenters. The molecule has 0 saturated carbocycles. The number of ether oxygens (including phenoxy) is 1. The van der Waals surface area contributed by atoms with Crippen molar-refractivity contribution in [2.45, 2.75) is 39.3 Å². The van der Waals surface area contributed by atoms with Crippen LogP contribution in [0.5, 0.6) is 0 Å². The number of hydrogen-bond acceptors (Lipinski definition) is 2. The van der Waals surface area contributed by atoms with Crippen LogP contribution in [-0.4, -0.2) is 18.6 Å². The Morgan fingerprint density at radius 1 is 1.37 bits per heavy atom. The van der Waals surface area contributed by atoms with E-state index in [1.54, 1.807) is 20.8 Å². The molecule has 0 saturated heterocycles. The van der Waals surface area contributed by atoms with Gasteiger partial charge in [-0.3, -0.25) is 4.79 Å². The van der Waals surface area contributed by atoms with Gasteiger partial charge in [0.15, 0.2) is 0 Å². The molecule has 1 amide bonds. The summed E-state index contributed by atoms with van der Waals surface area (Å²) in [4.78, 5) is 11.8. The van der Waals surface area contributed by atoms with Gasteiger partial charge in [0.25, 0.3) is 0 Å². The maximum Gasteiger partial charge on any atom is 0.249 e. The van der Waals surface area contributed by atoms with E-state index in [-0.39, 0.29) is 11.5 Å². The largest absolute Gasteiger partial charge is 0.369 e. The van der Waals surface area contributed by atoms with E-state index in [1.807, 2.05) is 0 Å². The maximum absolute atomic E-state index is 13.7. The molecule has 0 aromatic heterocycles. The Morgan fingerprint density at radius 2 is 2.05 bits per heavy atom. The summed E-state index contributed by atoms with van der Waals surface area (Å²) < 4.78 is 32.0. The van der Waals surface area contributed by atoms with Crippen molar-refractivity contribution in [1.29, 1.82) is 0 Å². The van der Waals surface area contributed by atoms with E-state index in [1.165, 1.54) is 0 Å². The summed E-state index contributed by atoms with van der Waals surface area (Å²) in [6.45, 7) is 5.61. The molecule has 1 rings (SSSR count). The number of benzene rings is 1. The van der Waals surface area contributed by atoms with Crippen molar-refractivity contribution < 1.29 is 18.3 Å². The minimum atomic E-state index is -0.615. The van der Waals surface area contributed by atoms with Crippen molar-refractivity contribution >= 4 is 5.91 Å². The van der Waals surface area contributed by atoms with E-state index in [0.29, 0.717) is 13.0 Å². The molecule has 0 heterocycles. The molecular weight excluding hydrogens is 252 g/mol. The van der Waals surface area contributed by atoms with Crippen LogP contribution >= 0.6 is 0 Å². The summed E-state index contributed by atoms with van der Waals surface area (Å²) >= 11 is 0. The van der Waals surface area contributed by atoms with Gasteiger partial charge in [-0.05, 0) is 38.5 Å². The quantitative estimate of drug-likeness (QED) is 0.864. The zero-order valence-electron chi connectivity index (χ0n) is 11.4. The molecule has 0 radical (unpaired) electrons. The van der Waals surface area contributed by atoms with E-state index in [9.17, 15) is 13.6 Å². The van der Waals surface area contributed by atoms with Crippen molar-refractivity contribution in [3.63, 3.8) is 0 Å². The summed E-state index contributed by atoms with van der Waals surface area (Å²) in [6, 6.07) is 2.66. The van der Waals surface area contributed by atoms with Gasteiger partial charge in [-0.1, -0.05) is 6.92 Å². The van der Waals surface area contributed by atoms with Gasteiger partial charge in [0, 0.05) is 12.2 Å². The Kier molecular flexibility index (Phi) is 5.89. The van der Waals surface area contributed by atoms with Crippen LogP contribution in [0.3, 0.4) is 0 Å². The number of halogens is 2. The lowest BCUT2D eigenvalue weighted by molar-refractivity contribution is -0.132. The second-order valence-corrected chi connectivity index (χ2v) is 4.23. The van der Waals surface area contributed by atoms with Gasteiger partial charge < -0.3 is 10.1 Å². The Hall–Kier alpha value is -1.49. The van der Waals surface area contributed by atoms with Gasteiger partial charge in [0.2, 0.25) is 5.91 Å². The summed E-state index contributed by atoms with van der Waals surface area (Å²) in [5, 5.41) is 2.66. The molecule has 0 aliphatic carbocycles. The van der Waals surface area contributed by atoms with Gasteiger partial charge in [0.1, 0.15) is 17.7 Å². The molecule has 0 fully saturated rings. The third kappa shape index (κ3) is 4.28. The van der Waals surface area contributed by atoms with Crippen molar-refractivity contribution in [3.8, 4) is 0 Å². The second-order valence-electron chi connectivity index (χ2n) is 4.23. The zero-order chi connectivity index (χ0) is 14.4. The summed E-state index contributed by atoms with van der Waals surface area (Å²) in [6.07, 6.45) is -0.152. The van der Waals surface area contributed by atoms with Gasteiger partial charge >= 0.3 is 0 Å². The molecule has 0 spiro atoms. The van der Waals surface area contributed by atoms with E-state index in [2.05, 4.69) is 5.32 Å². The first-order valence-electron chi connectivity index (χ1n) is 6.36. The average Bonchev–Trinajstić information content (AvgIpc) is 2.39. The molecule has 0 aliphatic heterocycles. The van der Waals surface area contributed by atoms with Crippen molar-refractivity contribution in [2.75, 3.05) is 6.61 Å². The molecule has 0 bridgehead atoms. The van der Waals surface area contributed by atoms with Gasteiger partial charge in [-0.15, -0.1) is 0 Å². The molecule has 5 heteroatoms. The highest BCUT2D eigenvalue weighted by molar-refractivity contribution is 5.80. The molecule has 1 N–H and O–H groups in total. The second kappa shape index (κ2) is 7.19. The Bertz CT molecular complexity index is 437. The number of carbonyl (C=O) groups is 1. The number of hydrogen-bond donors (Lipinski definition) is 1. The lowest BCUT2D eigenvalue weighted by atomic mass is 10.0. The Labute approximate surface area is 112 Å². The fourth-order valence-corrected chi connectivity index (χ4v) is 1.80. The molecule has 2 atom stereocenters. The van der Waals surface area contributed by atoms with Crippen LogP contribution in [0.15, 0.2) is 18.2 Å². The predicted molar refractivity (Wildman–Crippen MR) is 68.6 cm³/mol. The predicted octanol–water partition coefficient (Wildman–Crippen LogP) is 2.96. The fourth-order valence-electron chi connectivity index (χ4n) is 1.80. The van der Waals surface area contributed by atoms with Crippen LogP contribution in [0.1, 0.15) is 38.8 Å². The first kappa shape index (κ1) is 15.6. The van der Waals surface area contributed by atoms with Crippen LogP contribution in [0.4, 0.5) is 8.78 Å². The third-order valence-corrected chi connectivity index (χ3v) is 2.84. The van der Waals surface area contributed by atoms with Crippen LogP contribution in [0, 0.1) is 11.6 Å². The normalized spacial score (nSPS) is 13.9. The van der Waals surface area contributed by atoms with E-state index in [0.717, 1.165) is 18.2 Å². The summed E-state index contributed by atoms with van der Waals surface area (Å²) in [5.41, 5.74) is 0.152. The molecule has 3 nitrogen and oxygen atoms in total. The van der Waals surface area contributed by atoms with Gasteiger partial charge in [0.05, 0.1) is 6.04 Å². The van der Waals surface area contributed by atoms with Crippen molar-refractivity contribution in [1.82, 2.24) is 5.32 Å². The first-order chi connectivity index (χ1) is 8.99. The Morgan fingerprint density at radius 3 is 2.63 bits per heavy atom. The van der Waals surface area contributed by atoms with Gasteiger partial charge in [-0.2, -0.15) is 0 Å². The number of amides is 1. The monoisotopic (exact) mass is 271 g/mol. The third-order valence-electron chi connectivity index (χ3n) is 2.84. The highest BCUT2D eigenvalue weighted by atomic mass is 19.1. The molecule has 1 aromatic carbocycles. The molecule has 106 valence electrons. The highest BCUT2D eigenvalue weighted by Gasteiger charge is 2.20. The standard InChI is InChI=1S/C14H19F2NO2/c1-4-13(17-14(18)9(3)19-5-2)11-8-10(15)6-7-12(11)16/h6-9,13H,4-5H2,1-3H3,(H,17,18)/t9-,13+/m0/s1. The average molecular weight is 271 g/mol. The maximum atomic E-state index is 13.7. The summed E-state index contributed by atoms with van der Waals surface area (Å²) in [5.74, 6) is -1.39. The first-order valence-corrected chi connectivity index (χ1v) is 6.36. The lowest BCUT2D eigenvalue weighted by Gasteiger charge is -2.20. The SMILES string of the molecule is CCO[C@@H](C)C(=O)N[C@H](CC)c1cc(F)ccc1F. The molecule has 1 aromatic rings. The van der Waals surface area contributed by atoms with Crippen LogP contribution in [0.2, 0.25) is 0 Å². The smallest absolute Gasteiger partial charge is 0.249 e. The zero-order valence-corrected chi connectivity index (χ0v) is 11.4. The summed E-state index contributed by atoms with van der Waals surface area (Å²) in [7, 11) is 0. The van der Waals surface area contributed by atoms with E-state index in [4.69, 9.17) is 4.74 Å². The number of carbonyl (C=O) groups excluding carboxylic acids is 1. The molecule has 19 heavy (non-hydrogen) atoms. The van der Waals surface area contributed by atoms with E-state index >= 15 is 0 Å². The van der Waals surface area contributed by atoms with Crippen molar-refractivity contribution in [2.24, 2.45) is 0 Å². The lowest BCUT2D eigenvalue weighted by Crippen LogP contribution is -2.37. The number of nitrogens with one attached hydrogen (secondary N) is 1. The topological polar surface area (TPSA) is 38.3 Å². The van der Waals surface area contributed by atoms with Crippen LogP contribution in [-0.2, 0) is 9.53 Å². The molecule has 0 aliphatic rings. The Balaban J connectivity index is 2.83. The highest BCUT2D eigenvalue weighted by Crippen LogP contribution is 2.21. The van der Waals surface area contributed by atoms with Crippen LogP contribution in [0.25, 0.3) is 0 Å². The van der Waals surface area contributed by atoms with E-state index < -0.39 is 23.8 Å². The van der Waals surface area contributed by atoms with Crippen molar-refractivity contribution in [3.05, 3.63) is 35.4 Å². The minimum absolute atomic E-state index is 0.152. The molecular formula is C14H19F2NO2. The minimum Gasteiger partial charge on any atom is -0.369 e.